The van der Waals surface area contributed by atoms with E-state index in [0.29, 0.717) is 11.4 Å². The molecule has 24 heavy (non-hydrogen) atoms. The standard InChI is InChI=1S/C20H17N3O/c1-12-8-9-15-13(2)18(22-17(15)11-12)20(24)23-16-7-3-5-14-6-4-10-21-19(14)16/h3-11,22H,1-2H3,(H,23,24). The molecule has 4 nitrogen and oxygen atoms in total. The lowest BCUT2D eigenvalue weighted by Gasteiger charge is -2.07. The van der Waals surface area contributed by atoms with E-state index in [0.717, 1.165) is 32.9 Å². The molecule has 1 amide bonds. The molecule has 0 saturated heterocycles. The first-order chi connectivity index (χ1) is 11.6. The van der Waals surface area contributed by atoms with Crippen molar-refractivity contribution in [1.29, 1.82) is 0 Å². The number of para-hydroxylation sites is 1. The van der Waals surface area contributed by atoms with Crippen LogP contribution in [0.3, 0.4) is 0 Å². The van der Waals surface area contributed by atoms with E-state index in [1.807, 2.05) is 50.2 Å². The Bertz CT molecular complexity index is 1070. The number of benzene rings is 2. The number of anilines is 1. The van der Waals surface area contributed by atoms with Crippen LogP contribution in [0.15, 0.2) is 54.7 Å². The summed E-state index contributed by atoms with van der Waals surface area (Å²) in [6.07, 6.45) is 1.73. The van der Waals surface area contributed by atoms with Crippen LogP contribution in [0, 0.1) is 13.8 Å². The van der Waals surface area contributed by atoms with Gasteiger partial charge in [0.05, 0.1) is 11.2 Å². The van der Waals surface area contributed by atoms with Crippen molar-refractivity contribution in [2.45, 2.75) is 13.8 Å². The number of aromatic amines is 1. The van der Waals surface area contributed by atoms with Crippen LogP contribution in [0.2, 0.25) is 0 Å². The maximum absolute atomic E-state index is 12.8. The van der Waals surface area contributed by atoms with Gasteiger partial charge in [0.2, 0.25) is 0 Å². The molecule has 2 aromatic heterocycles. The first kappa shape index (κ1) is 14.5. The molecule has 0 aliphatic carbocycles. The molecule has 0 saturated carbocycles. The van der Waals surface area contributed by atoms with Gasteiger partial charge in [-0.2, -0.15) is 0 Å². The number of carbonyl (C=O) groups excluding carboxylic acids is 1. The lowest BCUT2D eigenvalue weighted by molar-refractivity contribution is 0.102. The lowest BCUT2D eigenvalue weighted by Crippen LogP contribution is -2.14. The van der Waals surface area contributed by atoms with Gasteiger partial charge in [0.15, 0.2) is 0 Å². The van der Waals surface area contributed by atoms with Gasteiger partial charge in [0.25, 0.3) is 5.91 Å². The molecular weight excluding hydrogens is 298 g/mol. The molecule has 0 spiro atoms. The normalized spacial score (nSPS) is 11.1. The Balaban J connectivity index is 1.75. The smallest absolute Gasteiger partial charge is 0.272 e. The summed E-state index contributed by atoms with van der Waals surface area (Å²) in [7, 11) is 0. The molecule has 4 aromatic rings. The van der Waals surface area contributed by atoms with Gasteiger partial charge in [0.1, 0.15) is 5.69 Å². The Morgan fingerprint density at radius 1 is 1.08 bits per heavy atom. The largest absolute Gasteiger partial charge is 0.350 e. The van der Waals surface area contributed by atoms with Gasteiger partial charge in [-0.25, -0.2) is 0 Å². The molecule has 2 aromatic carbocycles. The number of pyridine rings is 1. The highest BCUT2D eigenvalue weighted by atomic mass is 16.1. The number of nitrogens with one attached hydrogen (secondary N) is 2. The Morgan fingerprint density at radius 2 is 1.92 bits per heavy atom. The summed E-state index contributed by atoms with van der Waals surface area (Å²) in [5, 5.41) is 5.06. The van der Waals surface area contributed by atoms with Crippen molar-refractivity contribution in [3.63, 3.8) is 0 Å². The Kier molecular flexibility index (Phi) is 3.31. The second-order valence-electron chi connectivity index (χ2n) is 6.01. The highest BCUT2D eigenvalue weighted by Gasteiger charge is 2.16. The van der Waals surface area contributed by atoms with Gasteiger partial charge in [-0.3, -0.25) is 9.78 Å². The minimum Gasteiger partial charge on any atom is -0.350 e. The average Bonchev–Trinajstić information content (AvgIpc) is 2.91. The van der Waals surface area contributed by atoms with Crippen LogP contribution >= 0.6 is 0 Å². The van der Waals surface area contributed by atoms with Crippen LogP contribution in [0.4, 0.5) is 5.69 Å². The van der Waals surface area contributed by atoms with Crippen LogP contribution in [0.5, 0.6) is 0 Å². The van der Waals surface area contributed by atoms with E-state index < -0.39 is 0 Å². The minimum atomic E-state index is -0.153. The Hall–Kier alpha value is -3.14. The quantitative estimate of drug-likeness (QED) is 0.568. The number of H-pyrrole nitrogens is 1. The SMILES string of the molecule is Cc1ccc2c(C)c(C(=O)Nc3cccc4cccnc34)[nH]c2c1. The number of carbonyl (C=O) groups is 1. The number of aryl methyl sites for hydroxylation is 2. The van der Waals surface area contributed by atoms with Crippen molar-refractivity contribution in [2.75, 3.05) is 5.32 Å². The van der Waals surface area contributed by atoms with Crippen LogP contribution in [0.1, 0.15) is 21.6 Å². The summed E-state index contributed by atoms with van der Waals surface area (Å²) in [5.41, 5.74) is 5.19. The summed E-state index contributed by atoms with van der Waals surface area (Å²) in [5.74, 6) is -0.153. The van der Waals surface area contributed by atoms with Gasteiger partial charge in [-0.05, 0) is 43.2 Å². The molecule has 118 valence electrons. The minimum absolute atomic E-state index is 0.153. The predicted molar refractivity (Wildman–Crippen MR) is 97.5 cm³/mol. The molecular formula is C20H17N3O. The third kappa shape index (κ3) is 2.33. The molecule has 2 N–H and O–H groups in total. The molecule has 0 atom stereocenters. The molecule has 2 heterocycles. The molecule has 4 heteroatoms. The number of hydrogen-bond donors (Lipinski definition) is 2. The number of hydrogen-bond acceptors (Lipinski definition) is 2. The molecule has 0 bridgehead atoms. The van der Waals surface area contributed by atoms with Crippen molar-refractivity contribution in [2.24, 2.45) is 0 Å². The highest BCUT2D eigenvalue weighted by molar-refractivity contribution is 6.10. The number of aromatic nitrogens is 2. The van der Waals surface area contributed by atoms with Gasteiger partial charge in [-0.15, -0.1) is 0 Å². The first-order valence-corrected chi connectivity index (χ1v) is 7.87. The van der Waals surface area contributed by atoms with Crippen molar-refractivity contribution < 1.29 is 4.79 Å². The zero-order chi connectivity index (χ0) is 16.7. The summed E-state index contributed by atoms with van der Waals surface area (Å²) >= 11 is 0. The molecule has 0 aliphatic heterocycles. The van der Waals surface area contributed by atoms with Crippen LogP contribution in [-0.4, -0.2) is 15.9 Å². The number of nitrogens with zero attached hydrogens (tertiary/aromatic N) is 1. The Morgan fingerprint density at radius 3 is 2.79 bits per heavy atom. The van der Waals surface area contributed by atoms with E-state index in [4.69, 9.17) is 0 Å². The van der Waals surface area contributed by atoms with Crippen molar-refractivity contribution >= 4 is 33.4 Å². The summed E-state index contributed by atoms with van der Waals surface area (Å²) in [6.45, 7) is 4.00. The lowest BCUT2D eigenvalue weighted by atomic mass is 10.1. The zero-order valence-electron chi connectivity index (χ0n) is 13.6. The van der Waals surface area contributed by atoms with Gasteiger partial charge in [-0.1, -0.05) is 30.3 Å². The van der Waals surface area contributed by atoms with E-state index in [9.17, 15) is 4.79 Å². The fourth-order valence-corrected chi connectivity index (χ4v) is 3.07. The van der Waals surface area contributed by atoms with Crippen LogP contribution < -0.4 is 5.32 Å². The number of rotatable bonds is 2. The van der Waals surface area contributed by atoms with Crippen molar-refractivity contribution in [3.8, 4) is 0 Å². The zero-order valence-corrected chi connectivity index (χ0v) is 13.6. The summed E-state index contributed by atoms with van der Waals surface area (Å²) in [4.78, 5) is 20.4. The van der Waals surface area contributed by atoms with E-state index in [-0.39, 0.29) is 5.91 Å². The van der Waals surface area contributed by atoms with Crippen molar-refractivity contribution in [1.82, 2.24) is 9.97 Å². The fraction of sp³-hybridized carbons (Fsp3) is 0.100. The maximum atomic E-state index is 12.8. The van der Waals surface area contributed by atoms with E-state index in [1.54, 1.807) is 6.20 Å². The molecule has 0 aliphatic rings. The average molecular weight is 315 g/mol. The summed E-state index contributed by atoms with van der Waals surface area (Å²) in [6, 6.07) is 15.8. The Labute approximate surface area is 139 Å². The van der Waals surface area contributed by atoms with Crippen LogP contribution in [-0.2, 0) is 0 Å². The van der Waals surface area contributed by atoms with Crippen LogP contribution in [0.25, 0.3) is 21.8 Å². The molecule has 4 rings (SSSR count). The van der Waals surface area contributed by atoms with Crippen molar-refractivity contribution in [3.05, 3.63) is 71.5 Å². The number of amides is 1. The van der Waals surface area contributed by atoms with E-state index in [2.05, 4.69) is 27.4 Å². The molecule has 0 radical (unpaired) electrons. The maximum Gasteiger partial charge on any atom is 0.272 e. The van der Waals surface area contributed by atoms with Gasteiger partial charge < -0.3 is 10.3 Å². The van der Waals surface area contributed by atoms with Gasteiger partial charge >= 0.3 is 0 Å². The highest BCUT2D eigenvalue weighted by Crippen LogP contribution is 2.25. The first-order valence-electron chi connectivity index (χ1n) is 7.87. The number of fused-ring (bicyclic) bond motifs is 2. The topological polar surface area (TPSA) is 57.8 Å². The second-order valence-corrected chi connectivity index (χ2v) is 6.01. The predicted octanol–water partition coefficient (Wildman–Crippen LogP) is 4.59. The molecule has 0 fully saturated rings. The third-order valence-electron chi connectivity index (χ3n) is 4.32. The van der Waals surface area contributed by atoms with E-state index >= 15 is 0 Å². The van der Waals surface area contributed by atoms with Gasteiger partial charge in [0, 0.05) is 22.5 Å². The summed E-state index contributed by atoms with van der Waals surface area (Å²) < 4.78 is 0. The monoisotopic (exact) mass is 315 g/mol. The fourth-order valence-electron chi connectivity index (χ4n) is 3.07. The molecule has 0 unspecified atom stereocenters. The third-order valence-corrected chi connectivity index (χ3v) is 4.32. The second kappa shape index (κ2) is 5.49. The van der Waals surface area contributed by atoms with E-state index in [1.165, 1.54) is 0 Å².